The molecule has 0 heterocycles. The lowest BCUT2D eigenvalue weighted by Gasteiger charge is -2.12. The van der Waals surface area contributed by atoms with Crippen molar-refractivity contribution in [1.82, 2.24) is 15.4 Å². The molecule has 0 fully saturated rings. The second-order valence-electron chi connectivity index (χ2n) is 4.67. The van der Waals surface area contributed by atoms with Crippen LogP contribution in [0.5, 0.6) is 0 Å². The summed E-state index contributed by atoms with van der Waals surface area (Å²) in [5.41, 5.74) is 0. The molecule has 6 nitrogen and oxygen atoms in total. The van der Waals surface area contributed by atoms with Gasteiger partial charge in [-0.25, -0.2) is 13.1 Å². The molecule has 0 aliphatic carbocycles. The Morgan fingerprint density at radius 3 is 2.37 bits per heavy atom. The summed E-state index contributed by atoms with van der Waals surface area (Å²) in [4.78, 5) is 4.42. The minimum atomic E-state index is -3.11. The molecule has 0 saturated carbocycles. The lowest BCUT2D eigenvalue weighted by molar-refractivity contribution is 0.581. The largest absolute Gasteiger partial charge is 0.357 e. The van der Waals surface area contributed by atoms with Crippen molar-refractivity contribution in [2.24, 2.45) is 10.9 Å². The van der Waals surface area contributed by atoms with Crippen molar-refractivity contribution in [3.63, 3.8) is 0 Å². The summed E-state index contributed by atoms with van der Waals surface area (Å²) in [5.74, 6) is 1.47. The second kappa shape index (κ2) is 10.0. The van der Waals surface area contributed by atoms with Crippen molar-refractivity contribution in [2.75, 3.05) is 31.9 Å². The van der Waals surface area contributed by atoms with E-state index in [0.717, 1.165) is 25.5 Å². The first-order chi connectivity index (χ1) is 8.91. The number of rotatable bonds is 9. The zero-order valence-electron chi connectivity index (χ0n) is 12.5. The first-order valence-electron chi connectivity index (χ1n) is 6.90. The van der Waals surface area contributed by atoms with Gasteiger partial charge in [0.25, 0.3) is 0 Å². The second-order valence-corrected chi connectivity index (χ2v) is 6.76. The van der Waals surface area contributed by atoms with Crippen LogP contribution in [-0.2, 0) is 10.0 Å². The van der Waals surface area contributed by atoms with E-state index in [1.807, 2.05) is 6.92 Å². The molecule has 0 aliphatic heterocycles. The molecule has 0 aromatic carbocycles. The van der Waals surface area contributed by atoms with Crippen LogP contribution in [0.25, 0.3) is 0 Å². The van der Waals surface area contributed by atoms with Crippen LogP contribution in [0.4, 0.5) is 0 Å². The molecular formula is C12H28N4O2S. The molecule has 114 valence electrons. The summed E-state index contributed by atoms with van der Waals surface area (Å²) in [6, 6.07) is 0. The molecule has 0 aromatic heterocycles. The summed E-state index contributed by atoms with van der Waals surface area (Å²) in [6.07, 6.45) is 1.04. The lowest BCUT2D eigenvalue weighted by atomic mass is 10.1. The SMILES string of the molecule is CCNC(=NCCC(C)C)NCCNS(=O)(=O)CC. The Balaban J connectivity index is 4.01. The maximum absolute atomic E-state index is 11.2. The Morgan fingerprint density at radius 2 is 1.84 bits per heavy atom. The number of hydrogen-bond acceptors (Lipinski definition) is 3. The molecule has 0 aliphatic rings. The summed E-state index contributed by atoms with van der Waals surface area (Å²) in [6.45, 7) is 10.4. The summed E-state index contributed by atoms with van der Waals surface area (Å²) in [5, 5.41) is 6.23. The number of guanidine groups is 1. The molecule has 0 bridgehead atoms. The van der Waals surface area contributed by atoms with Gasteiger partial charge in [-0.3, -0.25) is 4.99 Å². The zero-order chi connectivity index (χ0) is 14.7. The minimum absolute atomic E-state index is 0.107. The van der Waals surface area contributed by atoms with Crippen molar-refractivity contribution in [2.45, 2.75) is 34.1 Å². The van der Waals surface area contributed by atoms with Crippen molar-refractivity contribution < 1.29 is 8.42 Å². The van der Waals surface area contributed by atoms with E-state index in [4.69, 9.17) is 0 Å². The maximum Gasteiger partial charge on any atom is 0.211 e. The number of sulfonamides is 1. The lowest BCUT2D eigenvalue weighted by Crippen LogP contribution is -2.41. The number of nitrogens with one attached hydrogen (secondary N) is 3. The fraction of sp³-hybridized carbons (Fsp3) is 0.917. The minimum Gasteiger partial charge on any atom is -0.357 e. The van der Waals surface area contributed by atoms with E-state index in [-0.39, 0.29) is 5.75 Å². The van der Waals surface area contributed by atoms with E-state index >= 15 is 0 Å². The van der Waals surface area contributed by atoms with Crippen LogP contribution in [0.15, 0.2) is 4.99 Å². The molecule has 0 spiro atoms. The third-order valence-electron chi connectivity index (χ3n) is 2.44. The van der Waals surface area contributed by atoms with E-state index in [1.54, 1.807) is 6.92 Å². The highest BCUT2D eigenvalue weighted by Gasteiger charge is 2.04. The van der Waals surface area contributed by atoms with Crippen molar-refractivity contribution in [1.29, 1.82) is 0 Å². The van der Waals surface area contributed by atoms with E-state index in [2.05, 4.69) is 34.2 Å². The molecule has 0 rings (SSSR count). The van der Waals surface area contributed by atoms with Gasteiger partial charge in [0.2, 0.25) is 10.0 Å². The third kappa shape index (κ3) is 10.8. The number of aliphatic imine (C=N–C) groups is 1. The zero-order valence-corrected chi connectivity index (χ0v) is 13.3. The molecular weight excluding hydrogens is 264 g/mol. The Hall–Kier alpha value is -0.820. The summed E-state index contributed by atoms with van der Waals surface area (Å²) < 4.78 is 25.0. The monoisotopic (exact) mass is 292 g/mol. The normalized spacial score (nSPS) is 12.8. The maximum atomic E-state index is 11.2. The molecule has 7 heteroatoms. The highest BCUT2D eigenvalue weighted by Crippen LogP contribution is 1.98. The Bertz CT molecular complexity index is 353. The highest BCUT2D eigenvalue weighted by atomic mass is 32.2. The Kier molecular flexibility index (Phi) is 9.59. The Morgan fingerprint density at radius 1 is 1.16 bits per heavy atom. The molecule has 0 saturated heterocycles. The topological polar surface area (TPSA) is 82.6 Å². The van der Waals surface area contributed by atoms with Gasteiger partial charge in [0.15, 0.2) is 5.96 Å². The number of nitrogens with zero attached hydrogens (tertiary/aromatic N) is 1. The first-order valence-corrected chi connectivity index (χ1v) is 8.56. The first kappa shape index (κ1) is 18.2. The van der Waals surface area contributed by atoms with Crippen LogP contribution >= 0.6 is 0 Å². The van der Waals surface area contributed by atoms with Gasteiger partial charge in [0.1, 0.15) is 0 Å². The molecule has 19 heavy (non-hydrogen) atoms. The van der Waals surface area contributed by atoms with Crippen molar-refractivity contribution in [3.8, 4) is 0 Å². The van der Waals surface area contributed by atoms with Crippen LogP contribution in [0, 0.1) is 5.92 Å². The van der Waals surface area contributed by atoms with Gasteiger partial charge in [-0.05, 0) is 26.2 Å². The van der Waals surface area contributed by atoms with Crippen molar-refractivity contribution >= 4 is 16.0 Å². The third-order valence-corrected chi connectivity index (χ3v) is 3.84. The molecule has 0 aromatic rings. The predicted octanol–water partition coefficient (Wildman–Crippen LogP) is 0.527. The van der Waals surface area contributed by atoms with E-state index in [1.165, 1.54) is 0 Å². The smallest absolute Gasteiger partial charge is 0.211 e. The molecule has 0 unspecified atom stereocenters. The average Bonchev–Trinajstić information content (AvgIpc) is 2.34. The fourth-order valence-corrected chi connectivity index (χ4v) is 1.88. The summed E-state index contributed by atoms with van der Waals surface area (Å²) >= 11 is 0. The molecule has 0 atom stereocenters. The van der Waals surface area contributed by atoms with Gasteiger partial charge in [-0.15, -0.1) is 0 Å². The van der Waals surface area contributed by atoms with E-state index in [9.17, 15) is 8.42 Å². The van der Waals surface area contributed by atoms with Crippen LogP contribution in [0.3, 0.4) is 0 Å². The van der Waals surface area contributed by atoms with Crippen LogP contribution in [0.2, 0.25) is 0 Å². The van der Waals surface area contributed by atoms with Gasteiger partial charge in [0.05, 0.1) is 5.75 Å². The molecule has 3 N–H and O–H groups in total. The van der Waals surface area contributed by atoms with Gasteiger partial charge < -0.3 is 10.6 Å². The van der Waals surface area contributed by atoms with Gasteiger partial charge in [-0.2, -0.15) is 0 Å². The van der Waals surface area contributed by atoms with E-state index in [0.29, 0.717) is 19.0 Å². The Labute approximate surface area is 117 Å². The van der Waals surface area contributed by atoms with Gasteiger partial charge in [-0.1, -0.05) is 13.8 Å². The van der Waals surface area contributed by atoms with Crippen LogP contribution in [-0.4, -0.2) is 46.3 Å². The highest BCUT2D eigenvalue weighted by molar-refractivity contribution is 7.89. The van der Waals surface area contributed by atoms with Crippen LogP contribution < -0.4 is 15.4 Å². The standard InChI is InChI=1S/C12H28N4O2S/c1-5-13-12(14-8-7-11(3)4)15-9-10-16-19(17,18)6-2/h11,16H,5-10H2,1-4H3,(H2,13,14,15). The van der Waals surface area contributed by atoms with Gasteiger partial charge in [0, 0.05) is 26.2 Å². The van der Waals surface area contributed by atoms with Crippen molar-refractivity contribution in [3.05, 3.63) is 0 Å². The fourth-order valence-electron chi connectivity index (χ4n) is 1.27. The summed E-state index contributed by atoms with van der Waals surface area (Å²) in [7, 11) is -3.11. The molecule has 0 radical (unpaired) electrons. The quantitative estimate of drug-likeness (QED) is 0.329. The van der Waals surface area contributed by atoms with Crippen LogP contribution in [0.1, 0.15) is 34.1 Å². The average molecular weight is 292 g/mol. The number of hydrogen-bond donors (Lipinski definition) is 3. The predicted molar refractivity (Wildman–Crippen MR) is 80.9 cm³/mol. The van der Waals surface area contributed by atoms with E-state index < -0.39 is 10.0 Å². The van der Waals surface area contributed by atoms with Gasteiger partial charge >= 0.3 is 0 Å². The molecule has 0 amide bonds.